The van der Waals surface area contributed by atoms with Gasteiger partial charge in [0, 0.05) is 62.4 Å². The van der Waals surface area contributed by atoms with Crippen LogP contribution in [-0.4, -0.2) is 51.9 Å². The van der Waals surface area contributed by atoms with Crippen molar-refractivity contribution in [3.05, 3.63) is 95.0 Å². The molecule has 1 aromatic carbocycles. The SMILES string of the molecule is CN(C)C(=O)c1ccc(N2CCCC2c2csc(NC(=O)c3cccn3Cc3ccncc3)n2)cc1. The number of anilines is 2. The number of rotatable bonds is 7. The lowest BCUT2D eigenvalue weighted by atomic mass is 10.1. The van der Waals surface area contributed by atoms with Gasteiger partial charge in [-0.05, 0) is 66.9 Å². The van der Waals surface area contributed by atoms with Crippen LogP contribution < -0.4 is 10.2 Å². The van der Waals surface area contributed by atoms with Gasteiger partial charge in [0.15, 0.2) is 5.13 Å². The van der Waals surface area contributed by atoms with Crippen molar-refractivity contribution in [2.75, 3.05) is 30.9 Å². The molecule has 1 unspecified atom stereocenters. The molecule has 1 N–H and O–H groups in total. The lowest BCUT2D eigenvalue weighted by Crippen LogP contribution is -2.24. The number of thiazole rings is 1. The Morgan fingerprint density at radius 1 is 1.11 bits per heavy atom. The highest BCUT2D eigenvalue weighted by Crippen LogP contribution is 2.37. The zero-order valence-electron chi connectivity index (χ0n) is 20.3. The molecule has 2 amide bonds. The molecular weight excluding hydrogens is 472 g/mol. The molecule has 9 heteroatoms. The van der Waals surface area contributed by atoms with Gasteiger partial charge in [0.05, 0.1) is 11.7 Å². The van der Waals surface area contributed by atoms with E-state index >= 15 is 0 Å². The van der Waals surface area contributed by atoms with Crippen molar-refractivity contribution in [1.82, 2.24) is 19.4 Å². The number of nitrogens with zero attached hydrogens (tertiary/aromatic N) is 5. The van der Waals surface area contributed by atoms with Crippen molar-refractivity contribution < 1.29 is 9.59 Å². The molecule has 5 rings (SSSR count). The van der Waals surface area contributed by atoms with Gasteiger partial charge in [-0.1, -0.05) is 0 Å². The number of benzene rings is 1. The van der Waals surface area contributed by atoms with Gasteiger partial charge < -0.3 is 14.4 Å². The number of aromatic nitrogens is 3. The van der Waals surface area contributed by atoms with Gasteiger partial charge in [0.25, 0.3) is 11.8 Å². The molecular formula is C27H28N6O2S. The van der Waals surface area contributed by atoms with Crippen LogP contribution in [0.4, 0.5) is 10.8 Å². The summed E-state index contributed by atoms with van der Waals surface area (Å²) >= 11 is 1.44. The fourth-order valence-electron chi connectivity index (χ4n) is 4.54. The first-order valence-corrected chi connectivity index (χ1v) is 12.8. The number of pyridine rings is 1. The quantitative estimate of drug-likeness (QED) is 0.398. The summed E-state index contributed by atoms with van der Waals surface area (Å²) in [5, 5.41) is 5.59. The maximum absolute atomic E-state index is 13.0. The molecule has 0 radical (unpaired) electrons. The molecule has 4 aromatic rings. The standard InChI is InChI=1S/C27H28N6O2S/c1-31(2)26(35)20-7-9-21(10-8-20)33-16-4-5-23(33)22-18-36-27(29-22)30-25(34)24-6-3-15-32(24)17-19-11-13-28-14-12-19/h3,6-15,18,23H,4-5,16-17H2,1-2H3,(H,29,30,34). The largest absolute Gasteiger partial charge is 0.363 e. The molecule has 184 valence electrons. The van der Waals surface area contributed by atoms with Crippen LogP contribution in [0.15, 0.2) is 72.5 Å². The zero-order valence-corrected chi connectivity index (χ0v) is 21.1. The second-order valence-corrected chi connectivity index (χ2v) is 9.86. The van der Waals surface area contributed by atoms with E-state index in [1.54, 1.807) is 31.4 Å². The van der Waals surface area contributed by atoms with Gasteiger partial charge in [-0.15, -0.1) is 11.3 Å². The minimum atomic E-state index is -0.181. The Morgan fingerprint density at radius 3 is 2.64 bits per heavy atom. The van der Waals surface area contributed by atoms with Crippen molar-refractivity contribution in [3.8, 4) is 0 Å². The van der Waals surface area contributed by atoms with Crippen LogP contribution in [0.3, 0.4) is 0 Å². The number of nitrogens with one attached hydrogen (secondary N) is 1. The molecule has 0 spiro atoms. The lowest BCUT2D eigenvalue weighted by Gasteiger charge is -2.26. The third-order valence-electron chi connectivity index (χ3n) is 6.35. The fourth-order valence-corrected chi connectivity index (χ4v) is 5.29. The first-order valence-electron chi connectivity index (χ1n) is 11.9. The Balaban J connectivity index is 1.27. The summed E-state index contributed by atoms with van der Waals surface area (Å²) in [6.07, 6.45) is 7.45. The molecule has 1 fully saturated rings. The van der Waals surface area contributed by atoms with E-state index in [9.17, 15) is 9.59 Å². The van der Waals surface area contributed by atoms with Crippen molar-refractivity contribution in [2.45, 2.75) is 25.4 Å². The van der Waals surface area contributed by atoms with Crippen molar-refractivity contribution in [2.24, 2.45) is 0 Å². The van der Waals surface area contributed by atoms with Gasteiger partial charge in [0.1, 0.15) is 5.69 Å². The number of hydrogen-bond donors (Lipinski definition) is 1. The van der Waals surface area contributed by atoms with E-state index in [0.717, 1.165) is 36.3 Å². The van der Waals surface area contributed by atoms with Crippen LogP contribution in [0.1, 0.15) is 51.0 Å². The second kappa shape index (κ2) is 10.3. The van der Waals surface area contributed by atoms with E-state index in [4.69, 9.17) is 4.98 Å². The molecule has 0 bridgehead atoms. The van der Waals surface area contributed by atoms with E-state index in [2.05, 4.69) is 15.2 Å². The van der Waals surface area contributed by atoms with Crippen LogP contribution in [0.5, 0.6) is 0 Å². The first kappa shape index (κ1) is 23.7. The average Bonchev–Trinajstić information content (AvgIpc) is 3.65. The fraction of sp³-hybridized carbons (Fsp3) is 0.259. The predicted molar refractivity (Wildman–Crippen MR) is 142 cm³/mol. The van der Waals surface area contributed by atoms with E-state index in [-0.39, 0.29) is 17.9 Å². The lowest BCUT2D eigenvalue weighted by molar-refractivity contribution is 0.0827. The van der Waals surface area contributed by atoms with Crippen molar-refractivity contribution in [3.63, 3.8) is 0 Å². The van der Waals surface area contributed by atoms with Gasteiger partial charge in [-0.25, -0.2) is 4.98 Å². The summed E-state index contributed by atoms with van der Waals surface area (Å²) in [6.45, 7) is 1.52. The van der Waals surface area contributed by atoms with Gasteiger partial charge >= 0.3 is 0 Å². The molecule has 0 saturated carbocycles. The predicted octanol–water partition coefficient (Wildman–Crippen LogP) is 4.68. The number of amides is 2. The molecule has 1 atom stereocenters. The molecule has 0 aliphatic carbocycles. The summed E-state index contributed by atoms with van der Waals surface area (Å²) < 4.78 is 1.92. The van der Waals surface area contributed by atoms with Gasteiger partial charge in [-0.3, -0.25) is 19.9 Å². The Morgan fingerprint density at radius 2 is 1.89 bits per heavy atom. The van der Waals surface area contributed by atoms with Gasteiger partial charge in [0.2, 0.25) is 0 Å². The van der Waals surface area contributed by atoms with Crippen LogP contribution in [0.2, 0.25) is 0 Å². The summed E-state index contributed by atoms with van der Waals surface area (Å²) in [4.78, 5) is 38.0. The molecule has 8 nitrogen and oxygen atoms in total. The number of carbonyl (C=O) groups excluding carboxylic acids is 2. The molecule has 36 heavy (non-hydrogen) atoms. The highest BCUT2D eigenvalue weighted by Gasteiger charge is 2.29. The van der Waals surface area contributed by atoms with E-state index < -0.39 is 0 Å². The van der Waals surface area contributed by atoms with Crippen LogP contribution >= 0.6 is 11.3 Å². The van der Waals surface area contributed by atoms with Crippen molar-refractivity contribution in [1.29, 1.82) is 0 Å². The third-order valence-corrected chi connectivity index (χ3v) is 7.13. The number of hydrogen-bond acceptors (Lipinski definition) is 6. The van der Waals surface area contributed by atoms with Crippen molar-refractivity contribution >= 4 is 34.0 Å². The van der Waals surface area contributed by atoms with Gasteiger partial charge in [-0.2, -0.15) is 0 Å². The first-order chi connectivity index (χ1) is 17.5. The molecule has 1 aliphatic heterocycles. The summed E-state index contributed by atoms with van der Waals surface area (Å²) in [6, 6.07) is 15.5. The summed E-state index contributed by atoms with van der Waals surface area (Å²) in [5.41, 5.74) is 4.35. The highest BCUT2D eigenvalue weighted by molar-refractivity contribution is 7.14. The molecule has 4 heterocycles. The third kappa shape index (κ3) is 5.01. The summed E-state index contributed by atoms with van der Waals surface area (Å²) in [7, 11) is 3.51. The van der Waals surface area contributed by atoms with Crippen LogP contribution in [0, 0.1) is 0 Å². The Labute approximate surface area is 214 Å². The summed E-state index contributed by atoms with van der Waals surface area (Å²) in [5.74, 6) is -0.189. The zero-order chi connectivity index (χ0) is 25.1. The minimum Gasteiger partial charge on any atom is -0.363 e. The highest BCUT2D eigenvalue weighted by atomic mass is 32.1. The normalized spacial score (nSPS) is 15.2. The Bertz CT molecular complexity index is 1350. The minimum absolute atomic E-state index is 0.00803. The number of carbonyl (C=O) groups is 2. The monoisotopic (exact) mass is 500 g/mol. The molecule has 3 aromatic heterocycles. The maximum atomic E-state index is 13.0. The van der Waals surface area contributed by atoms with E-state index in [1.165, 1.54) is 11.3 Å². The Kier molecular flexibility index (Phi) is 6.81. The maximum Gasteiger partial charge on any atom is 0.274 e. The smallest absolute Gasteiger partial charge is 0.274 e. The molecule has 1 aliphatic rings. The van der Waals surface area contributed by atoms with Crippen LogP contribution in [0.25, 0.3) is 0 Å². The molecule has 1 saturated heterocycles. The Hall–Kier alpha value is -3.98. The van der Waals surface area contributed by atoms with E-state index in [0.29, 0.717) is 22.9 Å². The van der Waals surface area contributed by atoms with E-state index in [1.807, 2.05) is 64.7 Å². The second-order valence-electron chi connectivity index (χ2n) is 9.01. The average molecular weight is 501 g/mol. The topological polar surface area (TPSA) is 83.4 Å². The van der Waals surface area contributed by atoms with Crippen LogP contribution in [-0.2, 0) is 6.54 Å².